The number of ether oxygens (including phenoxy) is 1. The SMILES string of the molecule is Cc1cc(Br)cc(CN)c1OCc1nc(C(C)C)no1. The Labute approximate surface area is 126 Å². The van der Waals surface area contributed by atoms with Crippen molar-refractivity contribution in [3.63, 3.8) is 0 Å². The van der Waals surface area contributed by atoms with Crippen LogP contribution in [0.4, 0.5) is 0 Å². The Hall–Kier alpha value is -1.40. The van der Waals surface area contributed by atoms with E-state index in [1.54, 1.807) is 0 Å². The maximum atomic E-state index is 5.80. The molecule has 1 aromatic carbocycles. The molecular weight excluding hydrogens is 322 g/mol. The predicted molar refractivity (Wildman–Crippen MR) is 79.5 cm³/mol. The number of hydrogen-bond acceptors (Lipinski definition) is 5. The summed E-state index contributed by atoms with van der Waals surface area (Å²) in [7, 11) is 0. The molecule has 2 N–H and O–H groups in total. The van der Waals surface area contributed by atoms with Gasteiger partial charge in [0.05, 0.1) is 0 Å². The molecule has 6 heteroatoms. The Morgan fingerprint density at radius 2 is 2.15 bits per heavy atom. The molecule has 0 atom stereocenters. The maximum Gasteiger partial charge on any atom is 0.264 e. The van der Waals surface area contributed by atoms with Crippen LogP contribution in [0.25, 0.3) is 0 Å². The fourth-order valence-corrected chi connectivity index (χ4v) is 2.47. The van der Waals surface area contributed by atoms with Crippen molar-refractivity contribution in [2.45, 2.75) is 39.8 Å². The average Bonchev–Trinajstić information content (AvgIpc) is 2.85. The summed E-state index contributed by atoms with van der Waals surface area (Å²) in [6.45, 7) is 6.67. The molecule has 0 saturated heterocycles. The van der Waals surface area contributed by atoms with Crippen LogP contribution in [0.3, 0.4) is 0 Å². The van der Waals surface area contributed by atoms with E-state index < -0.39 is 0 Å². The lowest BCUT2D eigenvalue weighted by Crippen LogP contribution is -2.05. The molecule has 1 aromatic heterocycles. The molecule has 108 valence electrons. The van der Waals surface area contributed by atoms with Crippen molar-refractivity contribution < 1.29 is 9.26 Å². The van der Waals surface area contributed by atoms with E-state index in [1.807, 2.05) is 32.9 Å². The number of hydrogen-bond donors (Lipinski definition) is 1. The monoisotopic (exact) mass is 339 g/mol. The van der Waals surface area contributed by atoms with Gasteiger partial charge >= 0.3 is 0 Å². The molecule has 0 saturated carbocycles. The minimum Gasteiger partial charge on any atom is -0.483 e. The van der Waals surface area contributed by atoms with Gasteiger partial charge in [-0.2, -0.15) is 4.98 Å². The second kappa shape index (κ2) is 6.37. The Morgan fingerprint density at radius 1 is 1.40 bits per heavy atom. The van der Waals surface area contributed by atoms with E-state index in [4.69, 9.17) is 15.0 Å². The fourth-order valence-electron chi connectivity index (χ4n) is 1.85. The standard InChI is InChI=1S/C14H18BrN3O2/c1-8(2)14-17-12(20-18-14)7-19-13-9(3)4-11(15)5-10(13)6-16/h4-5,8H,6-7,16H2,1-3H3. The van der Waals surface area contributed by atoms with Crippen molar-refractivity contribution >= 4 is 15.9 Å². The van der Waals surface area contributed by atoms with Gasteiger partial charge in [-0.25, -0.2) is 0 Å². The smallest absolute Gasteiger partial charge is 0.264 e. The highest BCUT2D eigenvalue weighted by Gasteiger charge is 2.12. The Kier molecular flexibility index (Phi) is 4.77. The van der Waals surface area contributed by atoms with Gasteiger partial charge in [-0.1, -0.05) is 34.9 Å². The zero-order chi connectivity index (χ0) is 14.7. The average molecular weight is 340 g/mol. The maximum absolute atomic E-state index is 5.80. The predicted octanol–water partition coefficient (Wildman–Crippen LogP) is 3.30. The molecule has 0 spiro atoms. The van der Waals surface area contributed by atoms with E-state index in [9.17, 15) is 0 Å². The number of rotatable bonds is 5. The highest BCUT2D eigenvalue weighted by Crippen LogP contribution is 2.28. The first-order chi connectivity index (χ1) is 9.51. The molecule has 1 heterocycles. The molecule has 0 aliphatic rings. The summed E-state index contributed by atoms with van der Waals surface area (Å²) >= 11 is 3.45. The van der Waals surface area contributed by atoms with E-state index in [2.05, 4.69) is 26.1 Å². The van der Waals surface area contributed by atoms with Crippen LogP contribution in [-0.4, -0.2) is 10.1 Å². The van der Waals surface area contributed by atoms with E-state index in [0.717, 1.165) is 21.3 Å². The van der Waals surface area contributed by atoms with Gasteiger partial charge in [-0.05, 0) is 24.6 Å². The van der Waals surface area contributed by atoms with Crippen molar-refractivity contribution in [1.82, 2.24) is 10.1 Å². The molecule has 2 rings (SSSR count). The lowest BCUT2D eigenvalue weighted by molar-refractivity contribution is 0.239. The number of nitrogens with two attached hydrogens (primary N) is 1. The van der Waals surface area contributed by atoms with Crippen molar-refractivity contribution in [3.05, 3.63) is 39.4 Å². The zero-order valence-corrected chi connectivity index (χ0v) is 13.4. The van der Waals surface area contributed by atoms with Gasteiger partial charge in [0.15, 0.2) is 12.4 Å². The first-order valence-corrected chi connectivity index (χ1v) is 7.25. The summed E-state index contributed by atoms with van der Waals surface area (Å²) < 4.78 is 11.9. The third kappa shape index (κ3) is 3.37. The normalized spacial score (nSPS) is 11.1. The highest BCUT2D eigenvalue weighted by atomic mass is 79.9. The molecule has 5 nitrogen and oxygen atoms in total. The Morgan fingerprint density at radius 3 is 2.75 bits per heavy atom. The van der Waals surface area contributed by atoms with Crippen LogP contribution in [0, 0.1) is 6.92 Å². The minimum atomic E-state index is 0.238. The van der Waals surface area contributed by atoms with E-state index in [1.165, 1.54) is 0 Å². The Bertz CT molecular complexity index is 596. The Balaban J connectivity index is 2.14. The minimum absolute atomic E-state index is 0.238. The van der Waals surface area contributed by atoms with Crippen LogP contribution in [0.15, 0.2) is 21.1 Å². The molecule has 0 aliphatic carbocycles. The highest BCUT2D eigenvalue weighted by molar-refractivity contribution is 9.10. The van der Waals surface area contributed by atoms with Crippen molar-refractivity contribution in [1.29, 1.82) is 0 Å². The van der Waals surface area contributed by atoms with Gasteiger partial charge < -0.3 is 15.0 Å². The summed E-state index contributed by atoms with van der Waals surface area (Å²) in [6, 6.07) is 3.94. The molecule has 0 aliphatic heterocycles. The van der Waals surface area contributed by atoms with Gasteiger partial charge in [-0.3, -0.25) is 0 Å². The summed E-state index contributed by atoms with van der Waals surface area (Å²) in [4.78, 5) is 4.28. The quantitative estimate of drug-likeness (QED) is 0.904. The molecular formula is C14H18BrN3O2. The van der Waals surface area contributed by atoms with Crippen molar-refractivity contribution in [2.75, 3.05) is 0 Å². The second-order valence-corrected chi connectivity index (χ2v) is 5.82. The van der Waals surface area contributed by atoms with Crippen LogP contribution in [0.1, 0.15) is 42.6 Å². The van der Waals surface area contributed by atoms with Crippen LogP contribution in [0.5, 0.6) is 5.75 Å². The third-order valence-electron chi connectivity index (χ3n) is 2.88. The first kappa shape index (κ1) is 15.0. The van der Waals surface area contributed by atoms with E-state index in [-0.39, 0.29) is 12.5 Å². The second-order valence-electron chi connectivity index (χ2n) is 4.90. The fraction of sp³-hybridized carbons (Fsp3) is 0.429. The number of halogens is 1. The number of benzene rings is 1. The van der Waals surface area contributed by atoms with Crippen LogP contribution < -0.4 is 10.5 Å². The van der Waals surface area contributed by atoms with Gasteiger partial charge in [0.1, 0.15) is 5.75 Å². The van der Waals surface area contributed by atoms with Gasteiger partial charge in [0.25, 0.3) is 5.89 Å². The number of nitrogens with zero attached hydrogens (tertiary/aromatic N) is 2. The van der Waals surface area contributed by atoms with Crippen LogP contribution in [0.2, 0.25) is 0 Å². The van der Waals surface area contributed by atoms with E-state index in [0.29, 0.717) is 18.3 Å². The topological polar surface area (TPSA) is 74.2 Å². The summed E-state index contributed by atoms with van der Waals surface area (Å²) in [5.74, 6) is 2.18. The molecule has 0 fully saturated rings. The molecule has 20 heavy (non-hydrogen) atoms. The van der Waals surface area contributed by atoms with Crippen LogP contribution >= 0.6 is 15.9 Å². The molecule has 0 bridgehead atoms. The number of aromatic nitrogens is 2. The summed E-state index contributed by atoms with van der Waals surface area (Å²) in [6.07, 6.45) is 0. The first-order valence-electron chi connectivity index (χ1n) is 6.45. The molecule has 0 unspecified atom stereocenters. The van der Waals surface area contributed by atoms with Gasteiger partial charge in [-0.15, -0.1) is 0 Å². The van der Waals surface area contributed by atoms with Crippen LogP contribution in [-0.2, 0) is 13.2 Å². The number of aryl methyl sites for hydroxylation is 1. The summed E-state index contributed by atoms with van der Waals surface area (Å²) in [5, 5.41) is 3.91. The molecule has 0 radical (unpaired) electrons. The zero-order valence-electron chi connectivity index (χ0n) is 11.8. The van der Waals surface area contributed by atoms with Crippen molar-refractivity contribution in [2.24, 2.45) is 5.73 Å². The van der Waals surface area contributed by atoms with E-state index >= 15 is 0 Å². The lowest BCUT2D eigenvalue weighted by Gasteiger charge is -2.12. The molecule has 0 amide bonds. The molecule has 2 aromatic rings. The summed E-state index contributed by atoms with van der Waals surface area (Å²) in [5.41, 5.74) is 7.71. The van der Waals surface area contributed by atoms with Gasteiger partial charge in [0, 0.05) is 22.5 Å². The van der Waals surface area contributed by atoms with Crippen molar-refractivity contribution in [3.8, 4) is 5.75 Å². The lowest BCUT2D eigenvalue weighted by atomic mass is 10.1. The van der Waals surface area contributed by atoms with Gasteiger partial charge in [0.2, 0.25) is 0 Å². The third-order valence-corrected chi connectivity index (χ3v) is 3.33. The largest absolute Gasteiger partial charge is 0.483 e.